The number of primary sulfonamides is 1. The van der Waals surface area contributed by atoms with Gasteiger partial charge >= 0.3 is 0 Å². The van der Waals surface area contributed by atoms with Crippen molar-refractivity contribution in [3.8, 4) is 0 Å². The zero-order valence-corrected chi connectivity index (χ0v) is 12.8. The second kappa shape index (κ2) is 5.41. The van der Waals surface area contributed by atoms with E-state index < -0.39 is 25.1 Å². The van der Waals surface area contributed by atoms with Gasteiger partial charge in [-0.25, -0.2) is 22.0 Å². The smallest absolute Gasteiger partial charge is 0.273 e. The standard InChI is InChI=1S/C10H18N4O4S2/c1-2-6-14-9(12-13-10(14)20(11,17)18)8-5-3-4-7-19(8,15)16/h8H,2-7H2,1H3,(H2,11,17,18). The van der Waals surface area contributed by atoms with Crippen molar-refractivity contribution in [3.63, 3.8) is 0 Å². The van der Waals surface area contributed by atoms with E-state index in [9.17, 15) is 16.8 Å². The van der Waals surface area contributed by atoms with Crippen LogP contribution in [0.3, 0.4) is 0 Å². The topological polar surface area (TPSA) is 125 Å². The summed E-state index contributed by atoms with van der Waals surface area (Å²) in [5, 5.41) is 11.3. The number of rotatable bonds is 4. The Kier molecular flexibility index (Phi) is 4.17. The molecule has 1 aromatic heterocycles. The summed E-state index contributed by atoms with van der Waals surface area (Å²) in [5.74, 6) is 0.289. The molecule has 2 rings (SSSR count). The van der Waals surface area contributed by atoms with Crippen molar-refractivity contribution < 1.29 is 16.8 Å². The van der Waals surface area contributed by atoms with Crippen LogP contribution < -0.4 is 5.14 Å². The van der Waals surface area contributed by atoms with Gasteiger partial charge < -0.3 is 0 Å². The van der Waals surface area contributed by atoms with Gasteiger partial charge in [-0.2, -0.15) is 0 Å². The van der Waals surface area contributed by atoms with E-state index in [-0.39, 0.29) is 16.7 Å². The number of sulfonamides is 1. The summed E-state index contributed by atoms with van der Waals surface area (Å²) < 4.78 is 48.6. The van der Waals surface area contributed by atoms with Gasteiger partial charge in [0, 0.05) is 6.54 Å². The number of nitrogens with two attached hydrogens (primary N) is 1. The third-order valence-electron chi connectivity index (χ3n) is 3.31. The minimum absolute atomic E-state index is 0.0986. The molecule has 0 spiro atoms. The molecule has 0 aromatic carbocycles. The van der Waals surface area contributed by atoms with Crippen LogP contribution in [0.4, 0.5) is 0 Å². The fraction of sp³-hybridized carbons (Fsp3) is 0.800. The van der Waals surface area contributed by atoms with E-state index in [1.165, 1.54) is 4.57 Å². The molecule has 1 saturated heterocycles. The predicted molar refractivity (Wildman–Crippen MR) is 72.1 cm³/mol. The molecule has 0 bridgehead atoms. The molecule has 10 heteroatoms. The summed E-state index contributed by atoms with van der Waals surface area (Å²) in [6.45, 7) is 2.17. The largest absolute Gasteiger partial charge is 0.300 e. The Hall–Kier alpha value is -1.00. The zero-order chi connectivity index (χ0) is 15.0. The highest BCUT2D eigenvalue weighted by Gasteiger charge is 2.36. The molecule has 2 heterocycles. The van der Waals surface area contributed by atoms with Crippen LogP contribution in [0.1, 0.15) is 43.7 Å². The summed E-state index contributed by atoms with van der Waals surface area (Å²) in [4.78, 5) is 0. The van der Waals surface area contributed by atoms with Gasteiger partial charge in [0.15, 0.2) is 15.7 Å². The lowest BCUT2D eigenvalue weighted by molar-refractivity contribution is 0.508. The van der Waals surface area contributed by atoms with E-state index >= 15 is 0 Å². The SMILES string of the molecule is CCCn1c(C2CCCCS2(=O)=O)nnc1S(N)(=O)=O. The molecule has 0 radical (unpaired) electrons. The minimum atomic E-state index is -4.02. The average Bonchev–Trinajstić information content (AvgIpc) is 2.72. The summed E-state index contributed by atoms with van der Waals surface area (Å²) in [5.41, 5.74) is 0. The Morgan fingerprint density at radius 1 is 1.35 bits per heavy atom. The maximum atomic E-state index is 12.1. The molecule has 2 N–H and O–H groups in total. The molecule has 0 saturated carbocycles. The molecule has 0 amide bonds. The van der Waals surface area contributed by atoms with E-state index in [1.54, 1.807) is 0 Å². The molecular formula is C10H18N4O4S2. The van der Waals surface area contributed by atoms with E-state index in [0.717, 1.165) is 6.42 Å². The molecule has 1 aliphatic heterocycles. The van der Waals surface area contributed by atoms with Crippen LogP contribution in [-0.4, -0.2) is 37.4 Å². The molecule has 1 fully saturated rings. The predicted octanol–water partition coefficient (Wildman–Crippen LogP) is -0.0247. The van der Waals surface area contributed by atoms with Crippen LogP contribution >= 0.6 is 0 Å². The Morgan fingerprint density at radius 3 is 2.60 bits per heavy atom. The molecule has 8 nitrogen and oxygen atoms in total. The molecule has 0 aliphatic carbocycles. The van der Waals surface area contributed by atoms with E-state index in [0.29, 0.717) is 25.8 Å². The second-order valence-corrected chi connectivity index (χ2v) is 8.65. The van der Waals surface area contributed by atoms with Gasteiger partial charge in [-0.15, -0.1) is 10.2 Å². The molecular weight excluding hydrogens is 304 g/mol. The number of aromatic nitrogens is 3. The fourth-order valence-corrected chi connectivity index (χ4v) is 4.99. The quantitative estimate of drug-likeness (QED) is 0.830. The first-order chi connectivity index (χ1) is 9.27. The molecule has 114 valence electrons. The fourth-order valence-electron chi connectivity index (χ4n) is 2.43. The van der Waals surface area contributed by atoms with Gasteiger partial charge in [-0.3, -0.25) is 4.57 Å². The van der Waals surface area contributed by atoms with E-state index in [4.69, 9.17) is 5.14 Å². The van der Waals surface area contributed by atoms with E-state index in [2.05, 4.69) is 10.2 Å². The van der Waals surface area contributed by atoms with Crippen molar-refractivity contribution >= 4 is 19.9 Å². The molecule has 1 unspecified atom stereocenters. The van der Waals surface area contributed by atoms with Crippen molar-refractivity contribution in [1.29, 1.82) is 0 Å². The molecule has 1 aromatic rings. The highest BCUT2D eigenvalue weighted by molar-refractivity contribution is 7.91. The number of hydrogen-bond donors (Lipinski definition) is 1. The summed E-state index contributed by atoms with van der Waals surface area (Å²) in [6.07, 6.45) is 2.46. The van der Waals surface area contributed by atoms with Gasteiger partial charge in [0.2, 0.25) is 0 Å². The maximum absolute atomic E-state index is 12.1. The van der Waals surface area contributed by atoms with E-state index in [1.807, 2.05) is 6.92 Å². The molecule has 1 atom stereocenters. The maximum Gasteiger partial charge on any atom is 0.273 e. The first-order valence-corrected chi connectivity index (χ1v) is 9.71. The molecule has 1 aliphatic rings. The highest BCUT2D eigenvalue weighted by atomic mass is 32.2. The summed E-state index contributed by atoms with van der Waals surface area (Å²) >= 11 is 0. The van der Waals surface area contributed by atoms with Gasteiger partial charge in [0.05, 0.1) is 5.75 Å². The minimum Gasteiger partial charge on any atom is -0.300 e. The van der Waals surface area contributed by atoms with Crippen LogP contribution in [0.15, 0.2) is 5.16 Å². The Morgan fingerprint density at radius 2 is 2.05 bits per heavy atom. The van der Waals surface area contributed by atoms with Crippen LogP contribution in [0, 0.1) is 0 Å². The van der Waals surface area contributed by atoms with Gasteiger partial charge in [-0.05, 0) is 19.3 Å². The number of nitrogens with zero attached hydrogens (tertiary/aromatic N) is 3. The lowest BCUT2D eigenvalue weighted by Gasteiger charge is -2.22. The lowest BCUT2D eigenvalue weighted by Crippen LogP contribution is -2.26. The van der Waals surface area contributed by atoms with Crippen molar-refractivity contribution in [1.82, 2.24) is 14.8 Å². The van der Waals surface area contributed by atoms with Crippen LogP contribution in [0.25, 0.3) is 0 Å². The third-order valence-corrected chi connectivity index (χ3v) is 6.30. The normalized spacial score (nSPS) is 22.8. The summed E-state index contributed by atoms with van der Waals surface area (Å²) in [7, 11) is -7.32. The lowest BCUT2D eigenvalue weighted by atomic mass is 10.2. The Balaban J connectivity index is 2.54. The first kappa shape index (κ1) is 15.4. The van der Waals surface area contributed by atoms with Gasteiger partial charge in [0.1, 0.15) is 5.25 Å². The first-order valence-electron chi connectivity index (χ1n) is 6.45. The van der Waals surface area contributed by atoms with Crippen molar-refractivity contribution in [2.75, 3.05) is 5.75 Å². The second-order valence-electron chi connectivity index (χ2n) is 4.89. The van der Waals surface area contributed by atoms with Gasteiger partial charge in [-0.1, -0.05) is 13.3 Å². The summed E-state index contributed by atoms with van der Waals surface area (Å²) in [6, 6.07) is 0. The van der Waals surface area contributed by atoms with Crippen LogP contribution in [0.5, 0.6) is 0 Å². The zero-order valence-electron chi connectivity index (χ0n) is 11.2. The number of sulfone groups is 1. The van der Waals surface area contributed by atoms with Crippen LogP contribution in [0.2, 0.25) is 0 Å². The number of hydrogen-bond acceptors (Lipinski definition) is 6. The Bertz CT molecular complexity index is 693. The Labute approximate surface area is 118 Å². The third kappa shape index (κ3) is 2.86. The van der Waals surface area contributed by atoms with Crippen molar-refractivity contribution in [2.24, 2.45) is 5.14 Å². The molecule has 20 heavy (non-hydrogen) atoms. The van der Waals surface area contributed by atoms with Crippen molar-refractivity contribution in [3.05, 3.63) is 5.82 Å². The van der Waals surface area contributed by atoms with Crippen molar-refractivity contribution in [2.45, 2.75) is 49.6 Å². The van der Waals surface area contributed by atoms with Gasteiger partial charge in [0.25, 0.3) is 15.2 Å². The monoisotopic (exact) mass is 322 g/mol. The van der Waals surface area contributed by atoms with Crippen LogP contribution in [-0.2, 0) is 26.4 Å². The average molecular weight is 322 g/mol. The highest BCUT2D eigenvalue weighted by Crippen LogP contribution is 2.33.